The van der Waals surface area contributed by atoms with E-state index in [0.29, 0.717) is 11.3 Å². The fourth-order valence-corrected chi connectivity index (χ4v) is 2.67. The second-order valence-electron chi connectivity index (χ2n) is 5.38. The van der Waals surface area contributed by atoms with Crippen LogP contribution >= 0.6 is 0 Å². The van der Waals surface area contributed by atoms with Crippen LogP contribution in [0.5, 0.6) is 5.75 Å². The van der Waals surface area contributed by atoms with Crippen molar-refractivity contribution in [1.82, 2.24) is 24.5 Å². The number of nitrogens with zero attached hydrogens (tertiary/aromatic N) is 4. The van der Waals surface area contributed by atoms with E-state index in [4.69, 9.17) is 4.74 Å². The van der Waals surface area contributed by atoms with Gasteiger partial charge in [0.1, 0.15) is 5.75 Å². The molecule has 0 saturated heterocycles. The number of benzene rings is 1. The van der Waals surface area contributed by atoms with E-state index >= 15 is 0 Å². The standard InChI is InChI=1S/C18H15N5O2/c1-25-15-5-2-4-13(10-15)23-17(6-8-21-23)16-11-14(12-19-18(16)24)22-9-3-7-20-22/h2-12H,1H3,(H,19,24). The van der Waals surface area contributed by atoms with Crippen molar-refractivity contribution in [3.63, 3.8) is 0 Å². The van der Waals surface area contributed by atoms with Gasteiger partial charge in [-0.2, -0.15) is 10.2 Å². The molecule has 0 aliphatic heterocycles. The lowest BCUT2D eigenvalue weighted by Gasteiger charge is -2.10. The third kappa shape index (κ3) is 2.72. The summed E-state index contributed by atoms with van der Waals surface area (Å²) in [6.07, 6.45) is 6.79. The lowest BCUT2D eigenvalue weighted by molar-refractivity contribution is 0.414. The Kier molecular flexibility index (Phi) is 3.66. The normalized spacial score (nSPS) is 10.8. The Balaban J connectivity index is 1.85. The van der Waals surface area contributed by atoms with Crippen LogP contribution in [-0.2, 0) is 0 Å². The zero-order chi connectivity index (χ0) is 17.2. The van der Waals surface area contributed by atoms with E-state index in [1.165, 1.54) is 0 Å². The molecular formula is C18H15N5O2. The summed E-state index contributed by atoms with van der Waals surface area (Å²) < 4.78 is 8.66. The molecule has 0 aliphatic carbocycles. The molecule has 0 amide bonds. The minimum Gasteiger partial charge on any atom is -0.497 e. The first kappa shape index (κ1) is 14.9. The zero-order valence-electron chi connectivity index (χ0n) is 13.5. The van der Waals surface area contributed by atoms with Crippen LogP contribution in [0.2, 0.25) is 0 Å². The van der Waals surface area contributed by atoms with Gasteiger partial charge in [0, 0.05) is 24.7 Å². The number of pyridine rings is 1. The molecule has 3 heterocycles. The quantitative estimate of drug-likeness (QED) is 0.622. The van der Waals surface area contributed by atoms with E-state index in [2.05, 4.69) is 15.2 Å². The van der Waals surface area contributed by atoms with Gasteiger partial charge >= 0.3 is 0 Å². The molecule has 0 atom stereocenters. The van der Waals surface area contributed by atoms with Gasteiger partial charge in [-0.3, -0.25) is 4.79 Å². The Morgan fingerprint density at radius 2 is 1.96 bits per heavy atom. The minimum absolute atomic E-state index is 0.194. The summed E-state index contributed by atoms with van der Waals surface area (Å²) in [6, 6.07) is 12.9. The molecule has 0 unspecified atom stereocenters. The molecule has 0 aliphatic rings. The highest BCUT2D eigenvalue weighted by atomic mass is 16.5. The molecule has 4 rings (SSSR count). The molecule has 124 valence electrons. The van der Waals surface area contributed by atoms with Gasteiger partial charge in [0.15, 0.2) is 0 Å². The first-order chi connectivity index (χ1) is 12.3. The van der Waals surface area contributed by atoms with E-state index in [9.17, 15) is 4.79 Å². The molecule has 0 saturated carbocycles. The number of aromatic nitrogens is 5. The third-order valence-electron chi connectivity index (χ3n) is 3.87. The molecule has 1 N–H and O–H groups in total. The molecule has 3 aromatic heterocycles. The van der Waals surface area contributed by atoms with Crippen molar-refractivity contribution in [1.29, 1.82) is 0 Å². The fraction of sp³-hybridized carbons (Fsp3) is 0.0556. The Morgan fingerprint density at radius 1 is 1.04 bits per heavy atom. The summed E-state index contributed by atoms with van der Waals surface area (Å²) in [7, 11) is 1.61. The van der Waals surface area contributed by atoms with Gasteiger partial charge < -0.3 is 9.72 Å². The second kappa shape index (κ2) is 6.12. The van der Waals surface area contributed by atoms with Gasteiger partial charge in [0.05, 0.1) is 35.9 Å². The van der Waals surface area contributed by atoms with Crippen molar-refractivity contribution in [3.8, 4) is 28.4 Å². The molecule has 7 heteroatoms. The van der Waals surface area contributed by atoms with Crippen LogP contribution in [0.25, 0.3) is 22.6 Å². The van der Waals surface area contributed by atoms with Crippen molar-refractivity contribution in [2.75, 3.05) is 7.11 Å². The number of methoxy groups -OCH3 is 1. The predicted molar refractivity (Wildman–Crippen MR) is 93.3 cm³/mol. The van der Waals surface area contributed by atoms with Crippen molar-refractivity contribution < 1.29 is 4.74 Å². The molecule has 1 aromatic carbocycles. The van der Waals surface area contributed by atoms with Crippen LogP contribution < -0.4 is 10.3 Å². The van der Waals surface area contributed by atoms with E-state index in [1.54, 1.807) is 47.2 Å². The van der Waals surface area contributed by atoms with Gasteiger partial charge in [0.2, 0.25) is 0 Å². The van der Waals surface area contributed by atoms with Crippen molar-refractivity contribution in [2.24, 2.45) is 0 Å². The van der Waals surface area contributed by atoms with Gasteiger partial charge in [-0.15, -0.1) is 0 Å². The largest absolute Gasteiger partial charge is 0.497 e. The van der Waals surface area contributed by atoms with E-state index in [-0.39, 0.29) is 5.56 Å². The smallest absolute Gasteiger partial charge is 0.257 e. The maximum atomic E-state index is 12.4. The third-order valence-corrected chi connectivity index (χ3v) is 3.87. The predicted octanol–water partition coefficient (Wildman–Crippen LogP) is 2.42. The number of aromatic amines is 1. The van der Waals surface area contributed by atoms with Gasteiger partial charge in [-0.05, 0) is 30.3 Å². The van der Waals surface area contributed by atoms with Crippen LogP contribution in [0.1, 0.15) is 0 Å². The highest BCUT2D eigenvalue weighted by molar-refractivity contribution is 5.63. The number of nitrogens with one attached hydrogen (secondary N) is 1. The Labute approximate surface area is 143 Å². The molecule has 0 fully saturated rings. The fourth-order valence-electron chi connectivity index (χ4n) is 2.67. The summed E-state index contributed by atoms with van der Waals surface area (Å²) in [6.45, 7) is 0. The summed E-state index contributed by atoms with van der Waals surface area (Å²) >= 11 is 0. The summed E-state index contributed by atoms with van der Waals surface area (Å²) in [5, 5.41) is 8.56. The first-order valence-electron chi connectivity index (χ1n) is 7.68. The highest BCUT2D eigenvalue weighted by Crippen LogP contribution is 2.23. The minimum atomic E-state index is -0.194. The number of hydrogen-bond donors (Lipinski definition) is 1. The lowest BCUT2D eigenvalue weighted by Crippen LogP contribution is -2.12. The van der Waals surface area contributed by atoms with E-state index < -0.39 is 0 Å². The topological polar surface area (TPSA) is 77.7 Å². The highest BCUT2D eigenvalue weighted by Gasteiger charge is 2.13. The Bertz CT molecular complexity index is 1060. The monoisotopic (exact) mass is 333 g/mol. The summed E-state index contributed by atoms with van der Waals surface area (Å²) in [5.41, 5.74) is 2.57. The molecule has 4 aromatic rings. The summed E-state index contributed by atoms with van der Waals surface area (Å²) in [4.78, 5) is 15.2. The van der Waals surface area contributed by atoms with Crippen LogP contribution in [0, 0.1) is 0 Å². The maximum Gasteiger partial charge on any atom is 0.257 e. The Hall–Kier alpha value is -3.61. The van der Waals surface area contributed by atoms with Gasteiger partial charge in [-0.25, -0.2) is 9.36 Å². The van der Waals surface area contributed by atoms with Gasteiger partial charge in [0.25, 0.3) is 5.56 Å². The molecular weight excluding hydrogens is 318 g/mol. The van der Waals surface area contributed by atoms with Crippen molar-refractivity contribution in [3.05, 3.63) is 77.6 Å². The number of hydrogen-bond acceptors (Lipinski definition) is 4. The van der Waals surface area contributed by atoms with Crippen molar-refractivity contribution >= 4 is 0 Å². The van der Waals surface area contributed by atoms with Crippen LogP contribution in [0.4, 0.5) is 0 Å². The zero-order valence-corrected chi connectivity index (χ0v) is 13.5. The summed E-state index contributed by atoms with van der Waals surface area (Å²) in [5.74, 6) is 0.721. The first-order valence-corrected chi connectivity index (χ1v) is 7.68. The average Bonchev–Trinajstić information content (AvgIpc) is 3.34. The van der Waals surface area contributed by atoms with E-state index in [0.717, 1.165) is 17.1 Å². The second-order valence-corrected chi connectivity index (χ2v) is 5.38. The van der Waals surface area contributed by atoms with Gasteiger partial charge in [-0.1, -0.05) is 6.07 Å². The SMILES string of the molecule is COc1cccc(-n2nccc2-c2cc(-n3cccn3)c[nH]c2=O)c1. The lowest BCUT2D eigenvalue weighted by atomic mass is 10.2. The molecule has 0 radical (unpaired) electrons. The maximum absolute atomic E-state index is 12.4. The molecule has 25 heavy (non-hydrogen) atoms. The molecule has 7 nitrogen and oxygen atoms in total. The average molecular weight is 333 g/mol. The van der Waals surface area contributed by atoms with Crippen LogP contribution in [0.3, 0.4) is 0 Å². The Morgan fingerprint density at radius 3 is 2.76 bits per heavy atom. The van der Waals surface area contributed by atoms with Crippen molar-refractivity contribution in [2.45, 2.75) is 0 Å². The number of H-pyrrole nitrogens is 1. The number of ether oxygens (including phenoxy) is 1. The van der Waals surface area contributed by atoms with Crippen LogP contribution in [-0.4, -0.2) is 31.7 Å². The number of rotatable bonds is 4. The van der Waals surface area contributed by atoms with Crippen LogP contribution in [0.15, 0.2) is 72.0 Å². The van der Waals surface area contributed by atoms with E-state index in [1.807, 2.05) is 36.5 Å². The molecule has 0 spiro atoms. The molecule has 0 bridgehead atoms.